The third kappa shape index (κ3) is 4.91. The Balaban J connectivity index is 1.42. The van der Waals surface area contributed by atoms with Crippen molar-refractivity contribution in [1.29, 1.82) is 0 Å². The highest BCUT2D eigenvalue weighted by Crippen LogP contribution is 2.43. The van der Waals surface area contributed by atoms with Gasteiger partial charge in [0.2, 0.25) is 0 Å². The molecule has 0 bridgehead atoms. The van der Waals surface area contributed by atoms with Gasteiger partial charge in [0.15, 0.2) is 27.1 Å². The van der Waals surface area contributed by atoms with Gasteiger partial charge in [0.25, 0.3) is 5.56 Å². The molecule has 0 spiro atoms. The van der Waals surface area contributed by atoms with E-state index in [9.17, 15) is 13.2 Å². The van der Waals surface area contributed by atoms with Gasteiger partial charge in [-0.1, -0.05) is 25.5 Å². The maximum atomic E-state index is 13.9. The predicted octanol–water partition coefficient (Wildman–Crippen LogP) is 4.21. The Morgan fingerprint density at radius 2 is 1.79 bits per heavy atom. The molecule has 11 heteroatoms. The van der Waals surface area contributed by atoms with E-state index in [0.717, 1.165) is 54.6 Å². The molecule has 0 aliphatic heterocycles. The Hall–Kier alpha value is -3.73. The molecule has 2 atom stereocenters. The standard InChI is InChI=1S/C28H31N7O3S/c1-16-5-4-6-22(16)35-27-21(14-30-25(34-27)23-17(2)31-15-32-24(23)19-9-10-19)33-26(28(35)36)29-13-18-7-11-20(12-8-18)39(3,37)38/h7-8,11-12,14-16,19,22H,4-6,9-10,13H2,1-3H3,(H,29,33)/t16-,22-/m0/s1. The fourth-order valence-corrected chi connectivity index (χ4v) is 6.16. The average Bonchev–Trinajstić information content (AvgIpc) is 3.68. The molecule has 2 aliphatic carbocycles. The van der Waals surface area contributed by atoms with Crippen molar-refractivity contribution >= 4 is 26.8 Å². The molecule has 3 aromatic heterocycles. The van der Waals surface area contributed by atoms with Gasteiger partial charge in [0.05, 0.1) is 28.0 Å². The van der Waals surface area contributed by atoms with Crippen LogP contribution in [0, 0.1) is 12.8 Å². The molecule has 2 fully saturated rings. The number of nitrogens with zero attached hydrogens (tertiary/aromatic N) is 6. The molecule has 3 heterocycles. The lowest BCUT2D eigenvalue weighted by Crippen LogP contribution is -2.30. The van der Waals surface area contributed by atoms with E-state index in [1.54, 1.807) is 41.4 Å². The smallest absolute Gasteiger partial charge is 0.295 e. The highest BCUT2D eigenvalue weighted by atomic mass is 32.2. The van der Waals surface area contributed by atoms with E-state index in [-0.39, 0.29) is 22.3 Å². The number of sulfone groups is 1. The minimum Gasteiger partial charge on any atom is -0.361 e. The summed E-state index contributed by atoms with van der Waals surface area (Å²) in [7, 11) is -3.28. The van der Waals surface area contributed by atoms with Crippen LogP contribution in [0.1, 0.15) is 67.9 Å². The molecule has 10 nitrogen and oxygen atoms in total. The summed E-state index contributed by atoms with van der Waals surface area (Å²) in [4.78, 5) is 37.3. The molecule has 2 aliphatic rings. The van der Waals surface area contributed by atoms with E-state index >= 15 is 0 Å². The normalized spacial score (nSPS) is 19.5. The summed E-state index contributed by atoms with van der Waals surface area (Å²) in [6, 6.07) is 6.62. The highest BCUT2D eigenvalue weighted by Gasteiger charge is 2.32. The lowest BCUT2D eigenvalue weighted by molar-refractivity contribution is 0.406. The van der Waals surface area contributed by atoms with Crippen LogP contribution in [0.25, 0.3) is 22.6 Å². The first-order valence-electron chi connectivity index (χ1n) is 13.3. The number of anilines is 1. The maximum Gasteiger partial charge on any atom is 0.295 e. The number of hydrogen-bond acceptors (Lipinski definition) is 9. The summed E-state index contributed by atoms with van der Waals surface area (Å²) in [5.74, 6) is 1.47. The molecule has 6 rings (SSSR count). The van der Waals surface area contributed by atoms with Crippen molar-refractivity contribution in [3.05, 3.63) is 64.1 Å². The van der Waals surface area contributed by atoms with Crippen molar-refractivity contribution in [3.63, 3.8) is 0 Å². The number of aromatic nitrogens is 6. The van der Waals surface area contributed by atoms with E-state index in [1.165, 1.54) is 6.26 Å². The molecule has 1 N–H and O–H groups in total. The molecular weight excluding hydrogens is 514 g/mol. The molecule has 202 valence electrons. The molecule has 4 aromatic rings. The van der Waals surface area contributed by atoms with Gasteiger partial charge in [0.1, 0.15) is 11.8 Å². The summed E-state index contributed by atoms with van der Waals surface area (Å²) in [6.45, 7) is 4.44. The number of benzene rings is 1. The van der Waals surface area contributed by atoms with E-state index in [0.29, 0.717) is 35.4 Å². The molecule has 0 saturated heterocycles. The number of nitrogens with one attached hydrogen (secondary N) is 1. The molecule has 2 saturated carbocycles. The molecule has 0 amide bonds. The van der Waals surface area contributed by atoms with Crippen LogP contribution in [-0.4, -0.2) is 44.2 Å². The van der Waals surface area contributed by atoms with Gasteiger partial charge in [0, 0.05) is 24.8 Å². The van der Waals surface area contributed by atoms with Gasteiger partial charge in [-0.3, -0.25) is 9.36 Å². The highest BCUT2D eigenvalue weighted by molar-refractivity contribution is 7.90. The first-order valence-corrected chi connectivity index (χ1v) is 15.2. The van der Waals surface area contributed by atoms with Gasteiger partial charge >= 0.3 is 0 Å². The zero-order chi connectivity index (χ0) is 27.3. The Bertz CT molecular complexity index is 1730. The van der Waals surface area contributed by atoms with Crippen LogP contribution >= 0.6 is 0 Å². The second-order valence-corrected chi connectivity index (χ2v) is 12.8. The van der Waals surface area contributed by atoms with Gasteiger partial charge < -0.3 is 5.32 Å². The van der Waals surface area contributed by atoms with Crippen LogP contribution in [0.2, 0.25) is 0 Å². The first-order chi connectivity index (χ1) is 18.7. The van der Waals surface area contributed by atoms with Crippen molar-refractivity contribution in [1.82, 2.24) is 29.5 Å². The second-order valence-electron chi connectivity index (χ2n) is 10.8. The fourth-order valence-electron chi connectivity index (χ4n) is 5.53. The lowest BCUT2D eigenvalue weighted by atomic mass is 10.1. The lowest BCUT2D eigenvalue weighted by Gasteiger charge is -2.22. The SMILES string of the molecule is Cc1ncnc(C2CC2)c1-c1ncc2nc(NCc3ccc(S(C)(=O)=O)cc3)c(=O)n([C@H]3CCC[C@@H]3C)c2n1. The van der Waals surface area contributed by atoms with Gasteiger partial charge in [-0.15, -0.1) is 0 Å². The van der Waals surface area contributed by atoms with Crippen molar-refractivity contribution in [2.45, 2.75) is 69.4 Å². The maximum absolute atomic E-state index is 13.9. The van der Waals surface area contributed by atoms with Crippen molar-refractivity contribution < 1.29 is 8.42 Å². The number of aryl methyl sites for hydroxylation is 1. The van der Waals surface area contributed by atoms with Crippen LogP contribution in [0.4, 0.5) is 5.82 Å². The third-order valence-corrected chi connectivity index (χ3v) is 8.97. The molecular formula is C28H31N7O3S. The van der Waals surface area contributed by atoms with Crippen molar-refractivity contribution in [3.8, 4) is 11.4 Å². The summed E-state index contributed by atoms with van der Waals surface area (Å²) >= 11 is 0. The van der Waals surface area contributed by atoms with Crippen molar-refractivity contribution in [2.75, 3.05) is 11.6 Å². The van der Waals surface area contributed by atoms with E-state index in [1.807, 2.05) is 6.92 Å². The predicted molar refractivity (Wildman–Crippen MR) is 148 cm³/mol. The number of fused-ring (bicyclic) bond motifs is 1. The van der Waals surface area contributed by atoms with Crippen LogP contribution in [-0.2, 0) is 16.4 Å². The fraction of sp³-hybridized carbons (Fsp3) is 0.429. The third-order valence-electron chi connectivity index (χ3n) is 7.84. The van der Waals surface area contributed by atoms with Crippen LogP contribution in [0.3, 0.4) is 0 Å². The Morgan fingerprint density at radius 3 is 2.46 bits per heavy atom. The Kier molecular flexibility index (Phi) is 6.41. The van der Waals surface area contributed by atoms with Crippen LogP contribution < -0.4 is 10.9 Å². The van der Waals surface area contributed by atoms with Crippen molar-refractivity contribution in [2.24, 2.45) is 5.92 Å². The quantitative estimate of drug-likeness (QED) is 0.363. The molecule has 0 radical (unpaired) electrons. The summed E-state index contributed by atoms with van der Waals surface area (Å²) in [6.07, 6.45) is 9.63. The molecule has 39 heavy (non-hydrogen) atoms. The molecule has 0 unspecified atom stereocenters. The zero-order valence-corrected chi connectivity index (χ0v) is 23.1. The second kappa shape index (κ2) is 9.78. The van der Waals surface area contributed by atoms with Gasteiger partial charge in [-0.25, -0.2) is 33.3 Å². The van der Waals surface area contributed by atoms with E-state index < -0.39 is 9.84 Å². The average molecular weight is 546 g/mol. The Morgan fingerprint density at radius 1 is 1.03 bits per heavy atom. The summed E-state index contributed by atoms with van der Waals surface area (Å²) in [5.41, 5.74) is 4.32. The minimum absolute atomic E-state index is 0.0105. The first kappa shape index (κ1) is 25.5. The minimum atomic E-state index is -3.28. The van der Waals surface area contributed by atoms with Gasteiger partial charge in [-0.2, -0.15) is 0 Å². The van der Waals surface area contributed by atoms with Gasteiger partial charge in [-0.05, 0) is 56.2 Å². The summed E-state index contributed by atoms with van der Waals surface area (Å²) in [5, 5.41) is 3.18. The number of rotatable bonds is 7. The number of hydrogen-bond donors (Lipinski definition) is 1. The largest absolute Gasteiger partial charge is 0.361 e. The topological polar surface area (TPSA) is 133 Å². The summed E-state index contributed by atoms with van der Waals surface area (Å²) < 4.78 is 25.4. The zero-order valence-electron chi connectivity index (χ0n) is 22.3. The van der Waals surface area contributed by atoms with E-state index in [4.69, 9.17) is 4.98 Å². The van der Waals surface area contributed by atoms with Crippen LogP contribution in [0.15, 0.2) is 46.5 Å². The van der Waals surface area contributed by atoms with E-state index in [2.05, 4.69) is 32.2 Å². The Labute approximate surface area is 226 Å². The monoisotopic (exact) mass is 545 g/mol. The molecule has 1 aromatic carbocycles. The van der Waals surface area contributed by atoms with Crippen LogP contribution in [0.5, 0.6) is 0 Å².